The first-order chi connectivity index (χ1) is 17.1. The van der Waals surface area contributed by atoms with E-state index >= 15 is 0 Å². The number of amides is 2. The molecule has 0 radical (unpaired) electrons. The summed E-state index contributed by atoms with van der Waals surface area (Å²) < 4.78 is 11.7. The van der Waals surface area contributed by atoms with Crippen molar-refractivity contribution < 1.29 is 19.1 Å². The van der Waals surface area contributed by atoms with E-state index in [1.807, 2.05) is 72.8 Å². The van der Waals surface area contributed by atoms with Gasteiger partial charge in [0, 0.05) is 12.1 Å². The van der Waals surface area contributed by atoms with Crippen LogP contribution in [0.1, 0.15) is 22.3 Å². The molecule has 0 aromatic heterocycles. The number of carbonyl (C=O) groups is 2. The molecule has 1 fully saturated rings. The normalized spacial score (nSPS) is 14.4. The lowest BCUT2D eigenvalue weighted by Gasteiger charge is -2.16. The van der Waals surface area contributed by atoms with E-state index in [9.17, 15) is 9.59 Å². The van der Waals surface area contributed by atoms with Crippen molar-refractivity contribution >= 4 is 29.0 Å². The van der Waals surface area contributed by atoms with Crippen molar-refractivity contribution in [2.45, 2.75) is 19.4 Å². The van der Waals surface area contributed by atoms with Gasteiger partial charge in [0.1, 0.15) is 6.61 Å². The van der Waals surface area contributed by atoms with Crippen LogP contribution in [-0.4, -0.2) is 29.7 Å². The second kappa shape index (κ2) is 11.6. The van der Waals surface area contributed by atoms with E-state index in [1.165, 1.54) is 4.90 Å². The van der Waals surface area contributed by atoms with Crippen LogP contribution in [0.3, 0.4) is 0 Å². The molecule has 6 heteroatoms. The van der Waals surface area contributed by atoms with Crippen LogP contribution in [0.5, 0.6) is 11.5 Å². The summed E-state index contributed by atoms with van der Waals surface area (Å²) in [5.74, 6) is 0.934. The first-order valence-corrected chi connectivity index (χ1v) is 12.2. The van der Waals surface area contributed by atoms with Crippen molar-refractivity contribution in [2.24, 2.45) is 0 Å². The van der Waals surface area contributed by atoms with Gasteiger partial charge in [0.05, 0.1) is 12.0 Å². The summed E-state index contributed by atoms with van der Waals surface area (Å²) >= 11 is 0.962. The van der Waals surface area contributed by atoms with Gasteiger partial charge in [0.15, 0.2) is 11.5 Å². The number of methoxy groups -OCH3 is 1. The van der Waals surface area contributed by atoms with E-state index in [4.69, 9.17) is 9.47 Å². The average molecular weight is 486 g/mol. The largest absolute Gasteiger partial charge is 0.493 e. The number of nitrogens with zero attached hydrogens (tertiary/aromatic N) is 1. The Morgan fingerprint density at radius 1 is 0.971 bits per heavy atom. The molecule has 178 valence electrons. The molecule has 0 bridgehead atoms. The number of benzene rings is 3. The molecule has 3 aromatic rings. The lowest BCUT2D eigenvalue weighted by atomic mass is 10.0. The third-order valence-corrected chi connectivity index (χ3v) is 6.51. The molecule has 0 saturated carbocycles. The van der Waals surface area contributed by atoms with Gasteiger partial charge < -0.3 is 9.47 Å². The lowest BCUT2D eigenvalue weighted by molar-refractivity contribution is -0.122. The topological polar surface area (TPSA) is 55.8 Å². The Kier molecular flexibility index (Phi) is 8.06. The molecule has 1 aliphatic heterocycles. The highest BCUT2D eigenvalue weighted by molar-refractivity contribution is 8.18. The number of hydrogen-bond acceptors (Lipinski definition) is 5. The Morgan fingerprint density at radius 3 is 2.31 bits per heavy atom. The third kappa shape index (κ3) is 6.03. The maximum absolute atomic E-state index is 13.0. The summed E-state index contributed by atoms with van der Waals surface area (Å²) in [4.78, 5) is 27.2. The average Bonchev–Trinajstić information content (AvgIpc) is 3.15. The van der Waals surface area contributed by atoms with E-state index in [-0.39, 0.29) is 11.1 Å². The van der Waals surface area contributed by atoms with Crippen LogP contribution in [0.4, 0.5) is 4.79 Å². The first-order valence-electron chi connectivity index (χ1n) is 11.4. The van der Waals surface area contributed by atoms with E-state index in [0.717, 1.165) is 34.0 Å². The summed E-state index contributed by atoms with van der Waals surface area (Å²) in [7, 11) is 1.59. The van der Waals surface area contributed by atoms with Gasteiger partial charge in [-0.25, -0.2) is 0 Å². The van der Waals surface area contributed by atoms with Crippen LogP contribution < -0.4 is 9.47 Å². The lowest BCUT2D eigenvalue weighted by Crippen LogP contribution is -2.30. The Labute approximate surface area is 210 Å². The Morgan fingerprint density at radius 2 is 1.66 bits per heavy atom. The van der Waals surface area contributed by atoms with E-state index in [2.05, 4.69) is 6.58 Å². The number of rotatable bonds is 10. The molecule has 0 unspecified atom stereocenters. The monoisotopic (exact) mass is 485 g/mol. The zero-order valence-corrected chi connectivity index (χ0v) is 20.4. The molecule has 1 heterocycles. The minimum Gasteiger partial charge on any atom is -0.493 e. The summed E-state index contributed by atoms with van der Waals surface area (Å²) in [6.07, 6.45) is 4.73. The summed E-state index contributed by atoms with van der Waals surface area (Å²) in [5.41, 5.74) is 3.79. The van der Waals surface area contributed by atoms with Crippen molar-refractivity contribution in [3.05, 3.63) is 113 Å². The van der Waals surface area contributed by atoms with Gasteiger partial charge >= 0.3 is 0 Å². The van der Waals surface area contributed by atoms with E-state index < -0.39 is 0 Å². The highest BCUT2D eigenvalue weighted by Gasteiger charge is 2.34. The Hall–Kier alpha value is -3.77. The van der Waals surface area contributed by atoms with E-state index in [1.54, 1.807) is 19.3 Å². The molecular weight excluding hydrogens is 458 g/mol. The predicted octanol–water partition coefficient (Wildman–Crippen LogP) is 6.28. The van der Waals surface area contributed by atoms with E-state index in [0.29, 0.717) is 42.4 Å². The SMILES string of the molecule is C=CCc1cc(/C=C2\SC(=O)N(CCc3ccccc3)C2=O)cc(OC)c1OCc1ccccc1. The molecule has 3 aromatic carbocycles. The van der Waals surface area contributed by atoms with Gasteiger partial charge in [-0.15, -0.1) is 6.58 Å². The quantitative estimate of drug-likeness (QED) is 0.250. The minimum atomic E-state index is -0.274. The van der Waals surface area contributed by atoms with Crippen molar-refractivity contribution in [2.75, 3.05) is 13.7 Å². The fourth-order valence-electron chi connectivity index (χ4n) is 3.85. The smallest absolute Gasteiger partial charge is 0.293 e. The van der Waals surface area contributed by atoms with Crippen LogP contribution in [0, 0.1) is 0 Å². The highest BCUT2D eigenvalue weighted by Crippen LogP contribution is 2.37. The van der Waals surface area contributed by atoms with Gasteiger partial charge in [-0.3, -0.25) is 14.5 Å². The van der Waals surface area contributed by atoms with Gasteiger partial charge in [-0.2, -0.15) is 0 Å². The van der Waals surface area contributed by atoms with Gasteiger partial charge in [-0.1, -0.05) is 66.7 Å². The van der Waals surface area contributed by atoms with Gasteiger partial charge in [-0.05, 0) is 59.5 Å². The maximum atomic E-state index is 13.0. The van der Waals surface area contributed by atoms with Crippen molar-refractivity contribution in [3.8, 4) is 11.5 Å². The Bertz CT molecular complexity index is 1240. The minimum absolute atomic E-state index is 0.252. The third-order valence-electron chi connectivity index (χ3n) is 5.60. The van der Waals surface area contributed by atoms with Gasteiger partial charge in [0.25, 0.3) is 11.1 Å². The number of hydrogen-bond donors (Lipinski definition) is 0. The molecule has 0 spiro atoms. The van der Waals surface area contributed by atoms with Crippen LogP contribution in [0.15, 0.2) is 90.4 Å². The molecule has 5 nitrogen and oxygen atoms in total. The van der Waals surface area contributed by atoms with Crippen molar-refractivity contribution in [1.82, 2.24) is 4.90 Å². The molecule has 1 aliphatic rings. The number of ether oxygens (including phenoxy) is 2. The second-order valence-corrected chi connectivity index (χ2v) is 9.04. The molecular formula is C29H27NO4S. The zero-order chi connectivity index (χ0) is 24.6. The van der Waals surface area contributed by atoms with Crippen LogP contribution in [0.25, 0.3) is 6.08 Å². The first kappa shape index (κ1) is 24.4. The summed E-state index contributed by atoms with van der Waals surface area (Å²) in [6.45, 7) is 4.61. The summed E-state index contributed by atoms with van der Waals surface area (Å²) in [6, 6.07) is 23.5. The molecule has 35 heavy (non-hydrogen) atoms. The molecule has 1 saturated heterocycles. The number of imide groups is 1. The second-order valence-electron chi connectivity index (χ2n) is 8.05. The van der Waals surface area contributed by atoms with Crippen molar-refractivity contribution in [3.63, 3.8) is 0 Å². The van der Waals surface area contributed by atoms with Crippen LogP contribution in [0.2, 0.25) is 0 Å². The number of thioether (sulfide) groups is 1. The molecule has 0 atom stereocenters. The van der Waals surface area contributed by atoms with Gasteiger partial charge in [0.2, 0.25) is 0 Å². The molecule has 2 amide bonds. The molecule has 4 rings (SSSR count). The fraction of sp³-hybridized carbons (Fsp3) is 0.172. The fourth-order valence-corrected chi connectivity index (χ4v) is 4.71. The summed E-state index contributed by atoms with van der Waals surface area (Å²) in [5, 5.41) is -0.252. The Balaban J connectivity index is 1.55. The highest BCUT2D eigenvalue weighted by atomic mass is 32.2. The maximum Gasteiger partial charge on any atom is 0.293 e. The molecule has 0 N–H and O–H groups in total. The standard InChI is InChI=1S/C29H27NO4S/c1-3-10-24-17-23(18-25(33-2)27(24)34-20-22-13-8-5-9-14-22)19-26-28(31)30(29(32)35-26)16-15-21-11-6-4-7-12-21/h3-9,11-14,17-19H,1,10,15-16,20H2,2H3/b26-19-. The van der Waals surface area contributed by atoms with Crippen molar-refractivity contribution in [1.29, 1.82) is 0 Å². The zero-order valence-electron chi connectivity index (χ0n) is 19.6. The number of carbonyl (C=O) groups excluding carboxylic acids is 2. The van der Waals surface area contributed by atoms with Crippen LogP contribution in [-0.2, 0) is 24.2 Å². The van der Waals surface area contributed by atoms with Crippen LogP contribution >= 0.6 is 11.8 Å². The molecule has 0 aliphatic carbocycles. The predicted molar refractivity (Wildman–Crippen MR) is 140 cm³/mol. The number of allylic oxidation sites excluding steroid dienone is 1.